The number of carbonyl (C=O) groups excluding carboxylic acids is 2. The van der Waals surface area contributed by atoms with Crippen LogP contribution in [0.4, 0.5) is 0 Å². The number of allylic oxidation sites excluding steroid dienone is 16. The van der Waals surface area contributed by atoms with Gasteiger partial charge in [0.05, 0.1) is 13.2 Å². The summed E-state index contributed by atoms with van der Waals surface area (Å²) in [5.41, 5.74) is 5.39. The van der Waals surface area contributed by atoms with E-state index in [1.807, 2.05) is 0 Å². The van der Waals surface area contributed by atoms with Crippen LogP contribution in [0.1, 0.15) is 271 Å². The Morgan fingerprint density at radius 2 is 0.733 bits per heavy atom. The van der Waals surface area contributed by atoms with E-state index < -0.39 is 26.5 Å². The topological polar surface area (TPSA) is 134 Å². The Kier molecular flexibility index (Phi) is 57.7. The number of ether oxygens (including phenoxy) is 2. The zero-order valence-electron chi connectivity index (χ0n) is 48.3. The van der Waals surface area contributed by atoms with Gasteiger partial charge >= 0.3 is 19.8 Å². The first-order chi connectivity index (χ1) is 36.8. The number of phosphoric ester groups is 1. The van der Waals surface area contributed by atoms with Crippen molar-refractivity contribution in [3.05, 3.63) is 97.2 Å². The van der Waals surface area contributed by atoms with Crippen molar-refractivity contribution in [2.45, 2.75) is 277 Å². The lowest BCUT2D eigenvalue weighted by molar-refractivity contribution is -0.161. The normalized spacial score (nSPS) is 13.7. The summed E-state index contributed by atoms with van der Waals surface area (Å²) < 4.78 is 33.1. The summed E-state index contributed by atoms with van der Waals surface area (Å²) in [5.74, 6) is -0.839. The fourth-order valence-corrected chi connectivity index (χ4v) is 9.20. The second-order valence-corrected chi connectivity index (χ2v) is 21.6. The highest BCUT2D eigenvalue weighted by atomic mass is 31.2. The average Bonchev–Trinajstić information content (AvgIpc) is 3.40. The van der Waals surface area contributed by atoms with Gasteiger partial charge in [-0.1, -0.05) is 259 Å². The maximum Gasteiger partial charge on any atom is 0.472 e. The van der Waals surface area contributed by atoms with Gasteiger partial charge in [0.1, 0.15) is 6.61 Å². The Labute approximate surface area is 461 Å². The highest BCUT2D eigenvalue weighted by molar-refractivity contribution is 7.47. The molecule has 0 aromatic rings. The smallest absolute Gasteiger partial charge is 0.462 e. The van der Waals surface area contributed by atoms with E-state index in [-0.39, 0.29) is 38.6 Å². The minimum absolute atomic E-state index is 0.0474. The van der Waals surface area contributed by atoms with Crippen LogP contribution < -0.4 is 5.73 Å². The molecule has 10 heteroatoms. The van der Waals surface area contributed by atoms with Crippen LogP contribution in [-0.4, -0.2) is 49.3 Å². The van der Waals surface area contributed by atoms with E-state index in [1.165, 1.54) is 148 Å². The minimum atomic E-state index is -4.40. The molecule has 2 unspecified atom stereocenters. The standard InChI is InChI=1S/C65H114NO8P/c1-3-5-7-9-11-13-15-17-19-21-23-25-27-29-30-31-32-34-36-38-40-42-44-46-48-50-52-54-56-58-65(68)74-63(62-73-75(69,70)72-60-59-66)61-71-64(67)57-55-53-51-49-47-45-43-41-39-37-35-33-28-26-24-22-20-18-16-14-12-10-8-6-4-2/h5,7,11,13,17,19,22-25,29-30,32,34,38,40,63H,3-4,6,8-10,12,14-16,18,20-21,26-28,31,33,35-37,39,41-62,66H2,1-2H3,(H,69,70)/b7-5-,13-11-,19-17-,24-22-,25-23-,30-29-,34-32-,40-38-. The predicted octanol–water partition coefficient (Wildman–Crippen LogP) is 19.6. The highest BCUT2D eigenvalue weighted by Gasteiger charge is 2.26. The van der Waals surface area contributed by atoms with Gasteiger partial charge in [0.15, 0.2) is 6.10 Å². The number of nitrogens with two attached hydrogens (primary N) is 1. The number of hydrogen-bond acceptors (Lipinski definition) is 8. The second-order valence-electron chi connectivity index (χ2n) is 20.2. The Morgan fingerprint density at radius 3 is 1.11 bits per heavy atom. The summed E-state index contributed by atoms with van der Waals surface area (Å²) in [6, 6.07) is 0. The van der Waals surface area contributed by atoms with Crippen molar-refractivity contribution in [2.75, 3.05) is 26.4 Å². The molecule has 0 aromatic heterocycles. The zero-order chi connectivity index (χ0) is 54.5. The van der Waals surface area contributed by atoms with Crippen molar-refractivity contribution >= 4 is 19.8 Å². The Bertz CT molecular complexity index is 1550. The van der Waals surface area contributed by atoms with Gasteiger partial charge in [-0.3, -0.25) is 18.6 Å². The van der Waals surface area contributed by atoms with E-state index in [2.05, 4.69) is 111 Å². The molecule has 0 aromatic carbocycles. The van der Waals surface area contributed by atoms with Gasteiger partial charge in [0, 0.05) is 19.4 Å². The van der Waals surface area contributed by atoms with Crippen LogP contribution >= 0.6 is 7.82 Å². The lowest BCUT2D eigenvalue weighted by Gasteiger charge is -2.19. The SMILES string of the molecule is CC/C=C\C/C=C\C/C=C\C/C=C\C/C=C\C/C=C\C/C=C\CCCCCCCCCC(=O)OC(COC(=O)CCCCCCCCCCCCCCC/C=C\CCCCCCCCCC)COP(=O)(O)OCCN. The number of unbranched alkanes of at least 4 members (excludes halogenated alkanes) is 28. The maximum absolute atomic E-state index is 12.7. The van der Waals surface area contributed by atoms with E-state index in [4.69, 9.17) is 24.3 Å². The van der Waals surface area contributed by atoms with Gasteiger partial charge in [-0.15, -0.1) is 0 Å². The molecular formula is C65H114NO8P. The van der Waals surface area contributed by atoms with Crippen LogP contribution in [0, 0.1) is 0 Å². The molecule has 75 heavy (non-hydrogen) atoms. The van der Waals surface area contributed by atoms with Crippen molar-refractivity contribution in [3.63, 3.8) is 0 Å². The van der Waals surface area contributed by atoms with Crippen LogP contribution in [0.3, 0.4) is 0 Å². The number of esters is 2. The summed E-state index contributed by atoms with van der Waals surface area (Å²) in [6.45, 7) is 3.63. The molecule has 9 nitrogen and oxygen atoms in total. The largest absolute Gasteiger partial charge is 0.472 e. The fraction of sp³-hybridized carbons (Fsp3) is 0.723. The molecule has 0 saturated carbocycles. The van der Waals surface area contributed by atoms with E-state index in [1.54, 1.807) is 0 Å². The van der Waals surface area contributed by atoms with Crippen LogP contribution in [-0.2, 0) is 32.7 Å². The third-order valence-corrected chi connectivity index (χ3v) is 13.9. The molecule has 0 aliphatic carbocycles. The lowest BCUT2D eigenvalue weighted by atomic mass is 10.0. The van der Waals surface area contributed by atoms with E-state index >= 15 is 0 Å². The van der Waals surface area contributed by atoms with Crippen molar-refractivity contribution in [1.82, 2.24) is 0 Å². The van der Waals surface area contributed by atoms with Gasteiger partial charge in [0.25, 0.3) is 0 Å². The average molecular weight is 1070 g/mol. The van der Waals surface area contributed by atoms with Crippen molar-refractivity contribution < 1.29 is 37.6 Å². The van der Waals surface area contributed by atoms with Crippen molar-refractivity contribution in [2.24, 2.45) is 5.73 Å². The minimum Gasteiger partial charge on any atom is -0.462 e. The van der Waals surface area contributed by atoms with E-state index in [0.717, 1.165) is 89.9 Å². The van der Waals surface area contributed by atoms with Crippen LogP contribution in [0.2, 0.25) is 0 Å². The molecule has 3 N–H and O–H groups in total. The summed E-state index contributed by atoms with van der Waals surface area (Å²) in [4.78, 5) is 35.2. The highest BCUT2D eigenvalue weighted by Crippen LogP contribution is 2.43. The van der Waals surface area contributed by atoms with Crippen molar-refractivity contribution in [1.29, 1.82) is 0 Å². The molecule has 0 rings (SSSR count). The predicted molar refractivity (Wildman–Crippen MR) is 321 cm³/mol. The fourth-order valence-electron chi connectivity index (χ4n) is 8.44. The molecule has 2 atom stereocenters. The van der Waals surface area contributed by atoms with E-state index in [0.29, 0.717) is 6.42 Å². The zero-order valence-corrected chi connectivity index (χ0v) is 49.2. The third-order valence-electron chi connectivity index (χ3n) is 13.0. The third kappa shape index (κ3) is 60.0. The second kappa shape index (κ2) is 60.2. The number of phosphoric acid groups is 1. The Morgan fingerprint density at radius 1 is 0.413 bits per heavy atom. The first kappa shape index (κ1) is 71.9. The molecule has 0 bridgehead atoms. The molecule has 0 aliphatic heterocycles. The quantitative estimate of drug-likeness (QED) is 0.0264. The Balaban J connectivity index is 4.00. The molecule has 0 radical (unpaired) electrons. The van der Waals surface area contributed by atoms with Gasteiger partial charge in [-0.2, -0.15) is 0 Å². The molecule has 0 heterocycles. The molecule has 432 valence electrons. The monoisotopic (exact) mass is 1070 g/mol. The van der Waals surface area contributed by atoms with Gasteiger partial charge < -0.3 is 20.1 Å². The first-order valence-corrected chi connectivity index (χ1v) is 32.2. The van der Waals surface area contributed by atoms with Crippen LogP contribution in [0.5, 0.6) is 0 Å². The summed E-state index contributed by atoms with van der Waals surface area (Å²) in [5, 5.41) is 0. The lowest BCUT2D eigenvalue weighted by Crippen LogP contribution is -2.29. The molecule has 0 spiro atoms. The molecular weight excluding hydrogens is 954 g/mol. The van der Waals surface area contributed by atoms with Gasteiger partial charge in [-0.05, 0) is 96.3 Å². The van der Waals surface area contributed by atoms with Crippen LogP contribution in [0.25, 0.3) is 0 Å². The first-order valence-electron chi connectivity index (χ1n) is 30.7. The summed E-state index contributed by atoms with van der Waals surface area (Å²) >= 11 is 0. The molecule has 0 fully saturated rings. The molecule has 0 saturated heterocycles. The number of hydrogen-bond donors (Lipinski definition) is 2. The summed E-state index contributed by atoms with van der Waals surface area (Å²) in [7, 11) is -4.40. The number of rotatable bonds is 57. The van der Waals surface area contributed by atoms with Crippen molar-refractivity contribution in [3.8, 4) is 0 Å². The maximum atomic E-state index is 12.7. The Hall–Kier alpha value is -3.07. The molecule has 0 aliphatic rings. The number of carbonyl (C=O) groups is 2. The van der Waals surface area contributed by atoms with Crippen LogP contribution in [0.15, 0.2) is 97.2 Å². The summed E-state index contributed by atoms with van der Waals surface area (Å²) in [6.07, 6.45) is 80.4. The van der Waals surface area contributed by atoms with Gasteiger partial charge in [-0.25, -0.2) is 4.57 Å². The molecule has 0 amide bonds. The van der Waals surface area contributed by atoms with E-state index in [9.17, 15) is 19.0 Å². The van der Waals surface area contributed by atoms with Gasteiger partial charge in [0.2, 0.25) is 0 Å².